The lowest BCUT2D eigenvalue weighted by Gasteiger charge is -2.05. The maximum atomic E-state index is 13.0. The molecule has 1 nitrogen and oxygen atoms in total. The van der Waals surface area contributed by atoms with E-state index in [0.29, 0.717) is 12.2 Å². The second-order valence-electron chi connectivity index (χ2n) is 2.70. The number of hydrogen-bond acceptors (Lipinski definition) is 1. The molecule has 0 unspecified atom stereocenters. The lowest BCUT2D eigenvalue weighted by atomic mass is 10.3. The van der Waals surface area contributed by atoms with E-state index in [2.05, 4.69) is 5.32 Å². The third-order valence-electron chi connectivity index (χ3n) is 1.64. The zero-order valence-electron chi connectivity index (χ0n) is 7.65. The van der Waals surface area contributed by atoms with Crippen LogP contribution in [-0.2, 0) is 0 Å². The van der Waals surface area contributed by atoms with Gasteiger partial charge in [0, 0.05) is 12.2 Å². The Morgan fingerprint density at radius 1 is 1.36 bits per heavy atom. The van der Waals surface area contributed by atoms with Gasteiger partial charge in [-0.15, -0.1) is 0 Å². The highest BCUT2D eigenvalue weighted by Crippen LogP contribution is 2.27. The Morgan fingerprint density at radius 2 is 1.93 bits per heavy atom. The van der Waals surface area contributed by atoms with Crippen molar-refractivity contribution in [2.24, 2.45) is 0 Å². The van der Waals surface area contributed by atoms with Crippen molar-refractivity contribution in [3.63, 3.8) is 0 Å². The molecule has 0 aromatic heterocycles. The molecule has 1 aromatic carbocycles. The molecule has 1 N–H and O–H groups in total. The predicted molar refractivity (Wildman–Crippen MR) is 59.7 cm³/mol. The molecule has 0 fully saturated rings. The van der Waals surface area contributed by atoms with Gasteiger partial charge in [-0.3, -0.25) is 0 Å². The van der Waals surface area contributed by atoms with E-state index in [1.807, 2.05) is 19.1 Å². The van der Waals surface area contributed by atoms with E-state index < -0.39 is 5.82 Å². The quantitative estimate of drug-likeness (QED) is 0.612. The summed E-state index contributed by atoms with van der Waals surface area (Å²) in [4.78, 5) is 0. The Labute approximate surface area is 92.5 Å². The molecule has 14 heavy (non-hydrogen) atoms. The first kappa shape index (κ1) is 11.3. The summed E-state index contributed by atoms with van der Waals surface area (Å²) in [5.41, 5.74) is 0.708. The van der Waals surface area contributed by atoms with Crippen molar-refractivity contribution in [1.82, 2.24) is 0 Å². The first-order chi connectivity index (χ1) is 6.65. The van der Waals surface area contributed by atoms with Gasteiger partial charge in [-0.05, 0) is 19.1 Å². The second kappa shape index (κ2) is 5.23. The third kappa shape index (κ3) is 2.89. The molecule has 0 saturated heterocycles. The highest BCUT2D eigenvalue weighted by atomic mass is 35.5. The van der Waals surface area contributed by atoms with Crippen LogP contribution in [0.1, 0.15) is 6.92 Å². The summed E-state index contributed by atoms with van der Waals surface area (Å²) >= 11 is 11.2. The fraction of sp³-hybridized carbons (Fsp3) is 0.200. The zero-order valence-corrected chi connectivity index (χ0v) is 9.16. The highest BCUT2D eigenvalue weighted by molar-refractivity contribution is 6.35. The van der Waals surface area contributed by atoms with Gasteiger partial charge in [0.1, 0.15) is 0 Å². The van der Waals surface area contributed by atoms with Crippen molar-refractivity contribution in [2.45, 2.75) is 6.92 Å². The number of anilines is 1. The summed E-state index contributed by atoms with van der Waals surface area (Å²) in [6.45, 7) is 2.58. The normalized spacial score (nSPS) is 10.9. The van der Waals surface area contributed by atoms with Crippen LogP contribution in [0.5, 0.6) is 0 Å². The van der Waals surface area contributed by atoms with Crippen molar-refractivity contribution in [3.05, 3.63) is 40.1 Å². The van der Waals surface area contributed by atoms with Crippen LogP contribution in [0.25, 0.3) is 0 Å². The lowest BCUT2D eigenvalue weighted by Crippen LogP contribution is -1.98. The maximum Gasteiger partial charge on any atom is 0.160 e. The van der Waals surface area contributed by atoms with Crippen LogP contribution in [-0.4, -0.2) is 6.54 Å². The summed E-state index contributed by atoms with van der Waals surface area (Å²) in [7, 11) is 0. The first-order valence-electron chi connectivity index (χ1n) is 4.14. The summed E-state index contributed by atoms with van der Waals surface area (Å²) in [5, 5.41) is 3.09. The minimum atomic E-state index is -0.579. The van der Waals surface area contributed by atoms with E-state index in [4.69, 9.17) is 23.2 Å². The summed E-state index contributed by atoms with van der Waals surface area (Å²) in [5.74, 6) is -0.579. The summed E-state index contributed by atoms with van der Waals surface area (Å²) < 4.78 is 13.0. The van der Waals surface area contributed by atoms with Gasteiger partial charge in [0.15, 0.2) is 5.82 Å². The molecule has 0 aliphatic heterocycles. The Kier molecular flexibility index (Phi) is 4.23. The van der Waals surface area contributed by atoms with Crippen molar-refractivity contribution in [3.8, 4) is 0 Å². The van der Waals surface area contributed by atoms with Crippen LogP contribution in [0, 0.1) is 5.82 Å². The van der Waals surface area contributed by atoms with Gasteiger partial charge >= 0.3 is 0 Å². The zero-order chi connectivity index (χ0) is 10.6. The summed E-state index contributed by atoms with van der Waals surface area (Å²) in [6.07, 6.45) is 3.85. The van der Waals surface area contributed by atoms with Gasteiger partial charge in [-0.2, -0.15) is 0 Å². The van der Waals surface area contributed by atoms with Gasteiger partial charge in [0.2, 0.25) is 0 Å². The Morgan fingerprint density at radius 3 is 2.43 bits per heavy atom. The molecule has 0 heterocycles. The van der Waals surface area contributed by atoms with Crippen LogP contribution >= 0.6 is 23.2 Å². The molecule has 0 aliphatic carbocycles. The molecule has 76 valence electrons. The highest BCUT2D eigenvalue weighted by Gasteiger charge is 2.06. The van der Waals surface area contributed by atoms with Gasteiger partial charge in [0.05, 0.1) is 10.0 Å². The molecule has 1 aromatic rings. The average molecular weight is 234 g/mol. The molecule has 0 aliphatic rings. The topological polar surface area (TPSA) is 12.0 Å². The number of benzene rings is 1. The van der Waals surface area contributed by atoms with Crippen molar-refractivity contribution < 1.29 is 4.39 Å². The standard InChI is InChI=1S/C10H10Cl2FN/c1-2-3-4-14-7-5-8(11)10(13)9(12)6-7/h2-3,5-6,14H,4H2,1H3/b3-2+. The van der Waals surface area contributed by atoms with Crippen LogP contribution in [0.2, 0.25) is 10.0 Å². The SMILES string of the molecule is C/C=C/CNc1cc(Cl)c(F)c(Cl)c1. The number of halogens is 3. The number of allylic oxidation sites excluding steroid dienone is 1. The molecule has 0 saturated carbocycles. The van der Waals surface area contributed by atoms with Crippen LogP contribution < -0.4 is 5.32 Å². The fourth-order valence-electron chi connectivity index (χ4n) is 0.952. The van der Waals surface area contributed by atoms with E-state index in [0.717, 1.165) is 0 Å². The van der Waals surface area contributed by atoms with Crippen molar-refractivity contribution in [1.29, 1.82) is 0 Å². The minimum absolute atomic E-state index is 0.0282. The van der Waals surface area contributed by atoms with Gasteiger partial charge in [-0.25, -0.2) is 4.39 Å². The Bertz CT molecular complexity index is 327. The minimum Gasteiger partial charge on any atom is -0.381 e. The molecule has 0 radical (unpaired) electrons. The third-order valence-corrected chi connectivity index (χ3v) is 2.19. The molecule has 0 bridgehead atoms. The van der Waals surface area contributed by atoms with Crippen molar-refractivity contribution >= 4 is 28.9 Å². The van der Waals surface area contributed by atoms with Crippen molar-refractivity contribution in [2.75, 3.05) is 11.9 Å². The van der Waals surface area contributed by atoms with E-state index >= 15 is 0 Å². The second-order valence-corrected chi connectivity index (χ2v) is 3.52. The van der Waals surface area contributed by atoms with Gasteiger partial charge in [0.25, 0.3) is 0 Å². The van der Waals surface area contributed by atoms with E-state index in [9.17, 15) is 4.39 Å². The molecular weight excluding hydrogens is 224 g/mol. The maximum absolute atomic E-state index is 13.0. The molecule has 4 heteroatoms. The monoisotopic (exact) mass is 233 g/mol. The largest absolute Gasteiger partial charge is 0.381 e. The fourth-order valence-corrected chi connectivity index (χ4v) is 1.44. The molecule has 1 rings (SSSR count). The molecule has 0 atom stereocenters. The smallest absolute Gasteiger partial charge is 0.160 e. The molecule has 0 spiro atoms. The first-order valence-corrected chi connectivity index (χ1v) is 4.90. The average Bonchev–Trinajstić information content (AvgIpc) is 2.14. The number of nitrogens with one attached hydrogen (secondary N) is 1. The van der Waals surface area contributed by atoms with Gasteiger partial charge < -0.3 is 5.32 Å². The summed E-state index contributed by atoms with van der Waals surface area (Å²) in [6, 6.07) is 3.01. The van der Waals surface area contributed by atoms with Gasteiger partial charge in [-0.1, -0.05) is 35.4 Å². The van der Waals surface area contributed by atoms with E-state index in [1.54, 1.807) is 0 Å². The van der Waals surface area contributed by atoms with Crippen LogP contribution in [0.15, 0.2) is 24.3 Å². The van der Waals surface area contributed by atoms with E-state index in [1.165, 1.54) is 12.1 Å². The Hall–Kier alpha value is -0.730. The Balaban J connectivity index is 2.79. The number of hydrogen-bond donors (Lipinski definition) is 1. The van der Waals surface area contributed by atoms with Crippen LogP contribution in [0.4, 0.5) is 10.1 Å². The molecule has 0 amide bonds. The van der Waals surface area contributed by atoms with Crippen LogP contribution in [0.3, 0.4) is 0 Å². The lowest BCUT2D eigenvalue weighted by molar-refractivity contribution is 0.629. The number of rotatable bonds is 3. The molecular formula is C10H10Cl2FN. The van der Waals surface area contributed by atoms with E-state index in [-0.39, 0.29) is 10.0 Å². The predicted octanol–water partition coefficient (Wildman–Crippen LogP) is 4.12.